The van der Waals surface area contributed by atoms with Crippen LogP contribution in [0.2, 0.25) is 0 Å². The summed E-state index contributed by atoms with van der Waals surface area (Å²) in [5, 5.41) is 0. The standard InChI is InChI=1S/C5H8O4.Cu/c1-8-4(6)3-5(7)9-2;/h3H2,1-2H3;. The van der Waals surface area contributed by atoms with Gasteiger partial charge < -0.3 is 9.47 Å². The zero-order chi connectivity index (χ0) is 7.28. The smallest absolute Gasteiger partial charge is 0.316 e. The number of ether oxygens (including phenoxy) is 2. The van der Waals surface area contributed by atoms with Gasteiger partial charge in [0.25, 0.3) is 0 Å². The van der Waals surface area contributed by atoms with Crippen molar-refractivity contribution in [2.45, 2.75) is 6.42 Å². The molecule has 0 fully saturated rings. The van der Waals surface area contributed by atoms with Gasteiger partial charge in [-0.1, -0.05) is 0 Å². The summed E-state index contributed by atoms with van der Waals surface area (Å²) in [5.74, 6) is -1.16. The second kappa shape index (κ2) is 6.58. The van der Waals surface area contributed by atoms with Gasteiger partial charge in [0.1, 0.15) is 6.42 Å². The zero-order valence-electron chi connectivity index (χ0n) is 5.64. The fourth-order valence-electron chi connectivity index (χ4n) is 0.262. The van der Waals surface area contributed by atoms with E-state index in [1.165, 1.54) is 14.2 Å². The maximum Gasteiger partial charge on any atom is 0.316 e. The number of carbonyl (C=O) groups excluding carboxylic acids is 2. The molecule has 0 unspecified atom stereocenters. The predicted molar refractivity (Wildman–Crippen MR) is 28.6 cm³/mol. The van der Waals surface area contributed by atoms with Crippen LogP contribution >= 0.6 is 0 Å². The molecule has 0 atom stereocenters. The molecule has 10 heavy (non-hydrogen) atoms. The number of hydrogen-bond acceptors (Lipinski definition) is 4. The first-order valence-corrected chi connectivity index (χ1v) is 2.34. The van der Waals surface area contributed by atoms with Gasteiger partial charge >= 0.3 is 11.9 Å². The van der Waals surface area contributed by atoms with Crippen LogP contribution in [-0.4, -0.2) is 26.2 Å². The van der Waals surface area contributed by atoms with Crippen molar-refractivity contribution < 1.29 is 36.1 Å². The Bertz CT molecular complexity index is 109. The quantitative estimate of drug-likeness (QED) is 0.346. The van der Waals surface area contributed by atoms with Crippen LogP contribution < -0.4 is 0 Å². The van der Waals surface area contributed by atoms with E-state index in [9.17, 15) is 9.59 Å². The van der Waals surface area contributed by atoms with Crippen LogP contribution in [0.25, 0.3) is 0 Å². The van der Waals surface area contributed by atoms with Crippen LogP contribution in [0, 0.1) is 0 Å². The van der Waals surface area contributed by atoms with E-state index in [1.807, 2.05) is 0 Å². The van der Waals surface area contributed by atoms with Crippen molar-refractivity contribution in [1.82, 2.24) is 0 Å². The predicted octanol–water partition coefficient (Wildman–Crippen LogP) is -0.280. The number of carbonyl (C=O) groups is 2. The molecule has 0 saturated carbocycles. The third-order valence-corrected chi connectivity index (χ3v) is 0.744. The van der Waals surface area contributed by atoms with Gasteiger partial charge in [-0.15, -0.1) is 0 Å². The van der Waals surface area contributed by atoms with E-state index in [-0.39, 0.29) is 23.5 Å². The van der Waals surface area contributed by atoms with Gasteiger partial charge in [0.2, 0.25) is 0 Å². The van der Waals surface area contributed by atoms with Crippen LogP contribution in [0.4, 0.5) is 0 Å². The minimum Gasteiger partial charge on any atom is -0.469 e. The second-order valence-electron chi connectivity index (χ2n) is 1.33. The van der Waals surface area contributed by atoms with Gasteiger partial charge in [-0.25, -0.2) is 0 Å². The Labute approximate surface area is 69.3 Å². The van der Waals surface area contributed by atoms with Crippen molar-refractivity contribution in [2.75, 3.05) is 14.2 Å². The Morgan fingerprint density at radius 3 is 1.60 bits per heavy atom. The number of hydrogen-bond donors (Lipinski definition) is 0. The third-order valence-electron chi connectivity index (χ3n) is 0.744. The number of rotatable bonds is 2. The third kappa shape index (κ3) is 5.59. The molecule has 0 spiro atoms. The topological polar surface area (TPSA) is 52.6 Å². The van der Waals surface area contributed by atoms with Crippen LogP contribution in [0.3, 0.4) is 0 Å². The molecule has 4 nitrogen and oxygen atoms in total. The summed E-state index contributed by atoms with van der Waals surface area (Å²) in [5.41, 5.74) is 0. The Hall–Kier alpha value is -0.541. The SMILES string of the molecule is COC(=O)CC(=O)OC.[Cu]. The Morgan fingerprint density at radius 2 is 1.40 bits per heavy atom. The molecule has 0 heterocycles. The summed E-state index contributed by atoms with van der Waals surface area (Å²) in [6.07, 6.45) is -0.312. The van der Waals surface area contributed by atoms with Crippen molar-refractivity contribution >= 4 is 11.9 Å². The van der Waals surface area contributed by atoms with Gasteiger partial charge in [-0.3, -0.25) is 9.59 Å². The fraction of sp³-hybridized carbons (Fsp3) is 0.600. The summed E-state index contributed by atoms with van der Waals surface area (Å²) in [4.78, 5) is 20.5. The van der Waals surface area contributed by atoms with E-state index in [0.29, 0.717) is 0 Å². The summed E-state index contributed by atoms with van der Waals surface area (Å²) in [7, 11) is 2.43. The summed E-state index contributed by atoms with van der Waals surface area (Å²) in [6, 6.07) is 0. The maximum absolute atomic E-state index is 10.3. The fourth-order valence-corrected chi connectivity index (χ4v) is 0.262. The van der Waals surface area contributed by atoms with E-state index in [0.717, 1.165) is 0 Å². The first-order chi connectivity index (χ1) is 4.20. The Kier molecular flexibility index (Phi) is 8.00. The molecule has 1 radical (unpaired) electrons. The largest absolute Gasteiger partial charge is 0.469 e. The number of esters is 2. The second-order valence-corrected chi connectivity index (χ2v) is 1.33. The first-order valence-electron chi connectivity index (χ1n) is 2.34. The van der Waals surface area contributed by atoms with E-state index in [4.69, 9.17) is 0 Å². The van der Waals surface area contributed by atoms with E-state index in [1.54, 1.807) is 0 Å². The van der Waals surface area contributed by atoms with Crippen LogP contribution in [0.5, 0.6) is 0 Å². The molecule has 0 bridgehead atoms. The van der Waals surface area contributed by atoms with E-state index >= 15 is 0 Å². The molecule has 0 N–H and O–H groups in total. The molecule has 0 aromatic heterocycles. The summed E-state index contributed by atoms with van der Waals surface area (Å²) < 4.78 is 8.37. The van der Waals surface area contributed by atoms with Crippen molar-refractivity contribution in [3.8, 4) is 0 Å². The molecule has 0 saturated heterocycles. The van der Waals surface area contributed by atoms with Crippen molar-refractivity contribution in [3.63, 3.8) is 0 Å². The molecular formula is C5H8CuO4. The minimum absolute atomic E-state index is 0. The number of methoxy groups -OCH3 is 2. The zero-order valence-corrected chi connectivity index (χ0v) is 6.58. The van der Waals surface area contributed by atoms with Crippen molar-refractivity contribution in [1.29, 1.82) is 0 Å². The average Bonchev–Trinajstić information content (AvgIpc) is 1.87. The van der Waals surface area contributed by atoms with Crippen molar-refractivity contribution in [3.05, 3.63) is 0 Å². The maximum atomic E-state index is 10.3. The molecule has 0 rings (SSSR count). The summed E-state index contributed by atoms with van der Waals surface area (Å²) >= 11 is 0. The van der Waals surface area contributed by atoms with Crippen LogP contribution in [0.1, 0.15) is 6.42 Å². The van der Waals surface area contributed by atoms with Gasteiger partial charge in [-0.2, -0.15) is 0 Å². The molecule has 5 heteroatoms. The molecule has 0 aromatic carbocycles. The van der Waals surface area contributed by atoms with E-state index < -0.39 is 11.9 Å². The molecule has 0 aliphatic carbocycles. The normalized spacial score (nSPS) is 7.40. The van der Waals surface area contributed by atoms with Gasteiger partial charge in [-0.05, 0) is 0 Å². The van der Waals surface area contributed by atoms with E-state index in [2.05, 4.69) is 9.47 Å². The monoisotopic (exact) mass is 195 g/mol. The molecule has 0 amide bonds. The van der Waals surface area contributed by atoms with Gasteiger partial charge in [0, 0.05) is 17.1 Å². The van der Waals surface area contributed by atoms with Crippen molar-refractivity contribution in [2.24, 2.45) is 0 Å². The minimum atomic E-state index is -0.582. The van der Waals surface area contributed by atoms with Crippen LogP contribution in [0.15, 0.2) is 0 Å². The van der Waals surface area contributed by atoms with Crippen LogP contribution in [-0.2, 0) is 36.1 Å². The molecular weight excluding hydrogens is 188 g/mol. The Balaban J connectivity index is 0. The molecule has 0 aliphatic rings. The van der Waals surface area contributed by atoms with Gasteiger partial charge in [0.05, 0.1) is 14.2 Å². The molecule has 63 valence electrons. The Morgan fingerprint density at radius 1 is 1.10 bits per heavy atom. The summed E-state index contributed by atoms with van der Waals surface area (Å²) in [6.45, 7) is 0. The molecule has 0 aromatic rings. The first kappa shape index (κ1) is 12.2. The molecule has 0 aliphatic heterocycles. The van der Waals surface area contributed by atoms with Gasteiger partial charge in [0.15, 0.2) is 0 Å². The average molecular weight is 196 g/mol.